The lowest BCUT2D eigenvalue weighted by atomic mass is 10.1. The Balaban J connectivity index is 0.000000408. The van der Waals surface area contributed by atoms with Crippen LogP contribution in [-0.4, -0.2) is 46.6 Å². The number of hydrogen-bond acceptors (Lipinski definition) is 9. The van der Waals surface area contributed by atoms with E-state index in [1.807, 2.05) is 19.1 Å². The maximum Gasteiger partial charge on any atom is 0.335 e. The van der Waals surface area contributed by atoms with Crippen LogP contribution < -0.4 is 4.74 Å². The van der Waals surface area contributed by atoms with Gasteiger partial charge in [0.2, 0.25) is 0 Å². The summed E-state index contributed by atoms with van der Waals surface area (Å²) >= 11 is 0. The second-order valence-corrected chi connectivity index (χ2v) is 17.4. The fourth-order valence-electron chi connectivity index (χ4n) is 3.26. The van der Waals surface area contributed by atoms with Gasteiger partial charge in [-0.2, -0.15) is 0 Å². The van der Waals surface area contributed by atoms with Gasteiger partial charge in [0.1, 0.15) is 5.75 Å². The van der Waals surface area contributed by atoms with Crippen LogP contribution in [0.3, 0.4) is 0 Å². The molecule has 0 aliphatic rings. The summed E-state index contributed by atoms with van der Waals surface area (Å²) in [5.41, 5.74) is 3.15. The summed E-state index contributed by atoms with van der Waals surface area (Å²) in [5, 5.41) is 10.7. The fourth-order valence-corrected chi connectivity index (χ4v) is 5.93. The van der Waals surface area contributed by atoms with E-state index >= 15 is 0 Å². The Labute approximate surface area is 239 Å². The SMILES string of the molecule is CCOP(=O)(Cc1ccc([N+](=O)[O-])cc1)OCC.COCOc1cc(CO[Si](C)(C)C(C)(C)C)cc(C)c1C=O. The van der Waals surface area contributed by atoms with Gasteiger partial charge in [-0.05, 0) is 61.7 Å². The molecule has 0 saturated heterocycles. The monoisotopic (exact) mass is 597 g/mol. The van der Waals surface area contributed by atoms with E-state index in [9.17, 15) is 19.5 Å². The molecular weight excluding hydrogens is 553 g/mol. The number of carbonyl (C=O) groups is 1. The predicted octanol–water partition coefficient (Wildman–Crippen LogP) is 7.67. The molecule has 40 heavy (non-hydrogen) atoms. The highest BCUT2D eigenvalue weighted by Crippen LogP contribution is 2.51. The molecule has 0 atom stereocenters. The van der Waals surface area contributed by atoms with Gasteiger partial charge in [-0.15, -0.1) is 0 Å². The van der Waals surface area contributed by atoms with Gasteiger partial charge in [-0.3, -0.25) is 19.5 Å². The lowest BCUT2D eigenvalue weighted by Gasteiger charge is -2.36. The first kappa shape index (κ1) is 35.6. The molecule has 0 bridgehead atoms. The number of aldehydes is 1. The highest BCUT2D eigenvalue weighted by Gasteiger charge is 2.37. The van der Waals surface area contributed by atoms with Gasteiger partial charge in [-0.1, -0.05) is 39.0 Å². The number of methoxy groups -OCH3 is 1. The molecule has 12 heteroatoms. The van der Waals surface area contributed by atoms with Crippen molar-refractivity contribution in [3.63, 3.8) is 0 Å². The lowest BCUT2D eigenvalue weighted by Crippen LogP contribution is -2.40. The molecule has 0 aliphatic carbocycles. The summed E-state index contributed by atoms with van der Waals surface area (Å²) in [6.07, 6.45) is 0.936. The third kappa shape index (κ3) is 11.2. The lowest BCUT2D eigenvalue weighted by molar-refractivity contribution is -0.384. The van der Waals surface area contributed by atoms with Crippen LogP contribution in [0, 0.1) is 17.0 Å². The number of carbonyl (C=O) groups excluding carboxylic acids is 1. The van der Waals surface area contributed by atoms with Crippen molar-refractivity contribution < 1.29 is 37.2 Å². The zero-order valence-electron chi connectivity index (χ0n) is 25.1. The number of ether oxygens (including phenoxy) is 2. The maximum absolute atomic E-state index is 12.2. The van der Waals surface area contributed by atoms with Crippen LogP contribution in [0.2, 0.25) is 18.1 Å². The molecule has 0 N–H and O–H groups in total. The van der Waals surface area contributed by atoms with Crippen LogP contribution in [0.5, 0.6) is 5.75 Å². The minimum atomic E-state index is -3.15. The Hall–Kier alpha value is -2.40. The molecule has 0 unspecified atom stereocenters. The Morgan fingerprint density at radius 1 is 1.02 bits per heavy atom. The van der Waals surface area contributed by atoms with E-state index in [2.05, 4.69) is 33.9 Å². The van der Waals surface area contributed by atoms with Crippen molar-refractivity contribution in [2.24, 2.45) is 0 Å². The molecule has 2 aromatic rings. The standard InChI is InChI=1S/C17H28O4Si.C11H16NO5P/c1-13-8-14(11-21-22(6,7)17(2,3)4)9-16(15(13)10-18)20-12-19-5;1-3-16-18(15,17-4-2)9-10-5-7-11(8-6-10)12(13)14/h8-10H,11-12H2,1-7H3;5-8H,3-4,9H2,1-2H3. The van der Waals surface area contributed by atoms with E-state index < -0.39 is 20.8 Å². The van der Waals surface area contributed by atoms with Gasteiger partial charge in [0, 0.05) is 19.2 Å². The molecule has 0 fully saturated rings. The quantitative estimate of drug-likeness (QED) is 0.0539. The largest absolute Gasteiger partial charge is 0.467 e. The van der Waals surface area contributed by atoms with Gasteiger partial charge in [0.15, 0.2) is 21.4 Å². The summed E-state index contributed by atoms with van der Waals surface area (Å²) in [6, 6.07) is 9.71. The first-order valence-corrected chi connectivity index (χ1v) is 17.7. The molecule has 10 nitrogen and oxygen atoms in total. The van der Waals surface area contributed by atoms with Crippen molar-refractivity contribution >= 4 is 27.9 Å². The maximum atomic E-state index is 12.2. The Morgan fingerprint density at radius 3 is 2.05 bits per heavy atom. The van der Waals surface area contributed by atoms with Crippen molar-refractivity contribution in [2.75, 3.05) is 27.1 Å². The van der Waals surface area contributed by atoms with Gasteiger partial charge >= 0.3 is 7.60 Å². The number of aryl methyl sites for hydroxylation is 1. The van der Waals surface area contributed by atoms with Crippen LogP contribution in [-0.2, 0) is 35.5 Å². The first-order valence-electron chi connectivity index (χ1n) is 13.1. The van der Waals surface area contributed by atoms with Gasteiger partial charge in [-0.25, -0.2) is 0 Å². The summed E-state index contributed by atoms with van der Waals surface area (Å²) in [5.74, 6) is 0.547. The van der Waals surface area contributed by atoms with Crippen LogP contribution in [0.25, 0.3) is 0 Å². The van der Waals surface area contributed by atoms with Crippen molar-refractivity contribution in [1.82, 2.24) is 0 Å². The third-order valence-corrected chi connectivity index (χ3v) is 13.0. The Morgan fingerprint density at radius 2 is 1.60 bits per heavy atom. The highest BCUT2D eigenvalue weighted by molar-refractivity contribution is 7.53. The number of nitrogens with zero attached hydrogens (tertiary/aromatic N) is 1. The van der Waals surface area contributed by atoms with E-state index in [0.29, 0.717) is 36.7 Å². The molecule has 0 aromatic heterocycles. The summed E-state index contributed by atoms with van der Waals surface area (Å²) in [7, 11) is -3.40. The number of non-ortho nitro benzene ring substituents is 1. The number of nitro benzene ring substituents is 1. The van der Waals surface area contributed by atoms with E-state index in [4.69, 9.17) is 22.9 Å². The molecule has 0 heterocycles. The second-order valence-electron chi connectivity index (χ2n) is 10.6. The van der Waals surface area contributed by atoms with Crippen molar-refractivity contribution in [3.05, 3.63) is 68.8 Å². The average Bonchev–Trinajstić information content (AvgIpc) is 2.86. The minimum absolute atomic E-state index is 0.00130. The molecule has 224 valence electrons. The van der Waals surface area contributed by atoms with Crippen LogP contribution in [0.4, 0.5) is 5.69 Å². The second kappa shape index (κ2) is 16.1. The number of rotatable bonds is 14. The molecule has 0 amide bonds. The van der Waals surface area contributed by atoms with Crippen molar-refractivity contribution in [3.8, 4) is 5.75 Å². The summed E-state index contributed by atoms with van der Waals surface area (Å²) in [6.45, 7) is 17.7. The van der Waals surface area contributed by atoms with E-state index in [1.54, 1.807) is 33.1 Å². The van der Waals surface area contributed by atoms with E-state index in [-0.39, 0.29) is 23.7 Å². The zero-order valence-corrected chi connectivity index (χ0v) is 27.0. The zero-order chi connectivity index (χ0) is 30.6. The minimum Gasteiger partial charge on any atom is -0.467 e. The van der Waals surface area contributed by atoms with Gasteiger partial charge < -0.3 is 22.9 Å². The molecule has 2 aromatic carbocycles. The summed E-state index contributed by atoms with van der Waals surface area (Å²) < 4.78 is 39.2. The molecule has 0 radical (unpaired) electrons. The van der Waals surface area contributed by atoms with Crippen LogP contribution in [0.15, 0.2) is 36.4 Å². The van der Waals surface area contributed by atoms with Crippen molar-refractivity contribution in [2.45, 2.75) is 72.4 Å². The number of hydrogen-bond donors (Lipinski definition) is 0. The van der Waals surface area contributed by atoms with E-state index in [0.717, 1.165) is 17.4 Å². The topological polar surface area (TPSA) is 123 Å². The fraction of sp³-hybridized carbons (Fsp3) is 0.536. The van der Waals surface area contributed by atoms with Crippen LogP contribution >= 0.6 is 7.60 Å². The highest BCUT2D eigenvalue weighted by atomic mass is 31.2. The van der Waals surface area contributed by atoms with E-state index in [1.165, 1.54) is 12.1 Å². The molecule has 0 saturated carbocycles. The molecule has 0 spiro atoms. The Bertz CT molecular complexity index is 1140. The predicted molar refractivity (Wildman–Crippen MR) is 159 cm³/mol. The molecule has 2 rings (SSSR count). The Kier molecular flexibility index (Phi) is 14.4. The third-order valence-electron chi connectivity index (χ3n) is 6.44. The number of benzene rings is 2. The summed E-state index contributed by atoms with van der Waals surface area (Å²) in [4.78, 5) is 21.3. The molecule has 0 aliphatic heterocycles. The number of nitro groups is 1. The normalized spacial score (nSPS) is 11.9. The van der Waals surface area contributed by atoms with Gasteiger partial charge in [0.05, 0.1) is 36.5 Å². The van der Waals surface area contributed by atoms with Crippen molar-refractivity contribution in [1.29, 1.82) is 0 Å². The van der Waals surface area contributed by atoms with Crippen LogP contribution in [0.1, 0.15) is 61.7 Å². The van der Waals surface area contributed by atoms with Gasteiger partial charge in [0.25, 0.3) is 5.69 Å². The first-order chi connectivity index (χ1) is 18.6. The smallest absolute Gasteiger partial charge is 0.335 e. The average molecular weight is 598 g/mol. The molecular formula is C28H44NO9PSi.